The maximum Gasteiger partial charge on any atom is 0.0411 e. The van der Waals surface area contributed by atoms with E-state index in [4.69, 9.17) is 17.3 Å². The van der Waals surface area contributed by atoms with Crippen molar-refractivity contribution in [3.05, 3.63) is 33.8 Å². The molecule has 2 N–H and O–H groups in total. The second-order valence-electron chi connectivity index (χ2n) is 3.69. The number of hydrogen-bond acceptors (Lipinski definition) is 1. The fourth-order valence-electron chi connectivity index (χ4n) is 1.44. The molecule has 0 spiro atoms. The smallest absolute Gasteiger partial charge is 0.0411 e. The van der Waals surface area contributed by atoms with E-state index in [-0.39, 0.29) is 6.04 Å². The van der Waals surface area contributed by atoms with Crippen molar-refractivity contribution in [3.63, 3.8) is 0 Å². The zero-order chi connectivity index (χ0) is 10.0. The lowest BCUT2D eigenvalue weighted by molar-refractivity contribution is 0.734. The van der Waals surface area contributed by atoms with Gasteiger partial charge in [0.05, 0.1) is 0 Å². The van der Waals surface area contributed by atoms with Crippen LogP contribution < -0.4 is 5.73 Å². The summed E-state index contributed by atoms with van der Waals surface area (Å²) < 4.78 is 0. The van der Waals surface area contributed by atoms with Gasteiger partial charge in [-0.3, -0.25) is 0 Å². The van der Waals surface area contributed by atoms with E-state index in [1.807, 2.05) is 19.1 Å². The van der Waals surface area contributed by atoms with Crippen LogP contribution in [0.25, 0.3) is 0 Å². The van der Waals surface area contributed by atoms with E-state index in [1.54, 1.807) is 0 Å². The maximum absolute atomic E-state index is 5.96. The molecular formula is C11H16ClN. The molecule has 0 saturated carbocycles. The van der Waals surface area contributed by atoms with Gasteiger partial charge < -0.3 is 5.73 Å². The van der Waals surface area contributed by atoms with E-state index in [2.05, 4.69) is 13.8 Å². The number of nitrogens with two attached hydrogens (primary N) is 1. The van der Waals surface area contributed by atoms with Crippen LogP contribution >= 0.6 is 11.6 Å². The van der Waals surface area contributed by atoms with Crippen LogP contribution in [0.2, 0.25) is 5.02 Å². The van der Waals surface area contributed by atoms with E-state index >= 15 is 0 Å². The van der Waals surface area contributed by atoms with Crippen LogP contribution in [0.15, 0.2) is 12.1 Å². The van der Waals surface area contributed by atoms with Crippen molar-refractivity contribution in [2.45, 2.75) is 33.2 Å². The summed E-state index contributed by atoms with van der Waals surface area (Å²) in [5.41, 5.74) is 9.56. The average Bonchev–Trinajstić information content (AvgIpc) is 1.98. The fourth-order valence-corrected chi connectivity index (χ4v) is 1.74. The van der Waals surface area contributed by atoms with E-state index in [0.29, 0.717) is 0 Å². The summed E-state index contributed by atoms with van der Waals surface area (Å²) in [6.45, 7) is 6.20. The standard InChI is InChI=1S/C11H16ClN/c1-7-4-11(12)6-10(9(7)3)5-8(2)13/h4,6,8H,5,13H2,1-3H3. The zero-order valence-corrected chi connectivity index (χ0v) is 9.15. The monoisotopic (exact) mass is 197 g/mol. The van der Waals surface area contributed by atoms with Gasteiger partial charge in [0, 0.05) is 11.1 Å². The molecule has 1 aromatic carbocycles. The zero-order valence-electron chi connectivity index (χ0n) is 8.39. The van der Waals surface area contributed by atoms with E-state index in [1.165, 1.54) is 16.7 Å². The summed E-state index contributed by atoms with van der Waals surface area (Å²) in [5.74, 6) is 0. The van der Waals surface area contributed by atoms with Crippen LogP contribution in [0.3, 0.4) is 0 Å². The van der Waals surface area contributed by atoms with Crippen LogP contribution in [0.5, 0.6) is 0 Å². The lowest BCUT2D eigenvalue weighted by Gasteiger charge is -2.11. The molecule has 0 aliphatic heterocycles. The quantitative estimate of drug-likeness (QED) is 0.776. The van der Waals surface area contributed by atoms with Crippen molar-refractivity contribution >= 4 is 11.6 Å². The lowest BCUT2D eigenvalue weighted by Crippen LogP contribution is -2.18. The Kier molecular flexibility index (Phi) is 3.34. The predicted molar refractivity (Wildman–Crippen MR) is 58.3 cm³/mol. The molecule has 0 fully saturated rings. The topological polar surface area (TPSA) is 26.0 Å². The first-order chi connectivity index (χ1) is 6.00. The molecule has 1 nitrogen and oxygen atoms in total. The first-order valence-electron chi connectivity index (χ1n) is 4.52. The highest BCUT2D eigenvalue weighted by Crippen LogP contribution is 2.20. The molecule has 1 rings (SSSR count). The molecule has 0 heterocycles. The molecule has 13 heavy (non-hydrogen) atoms. The fraction of sp³-hybridized carbons (Fsp3) is 0.455. The van der Waals surface area contributed by atoms with Crippen LogP contribution in [-0.4, -0.2) is 6.04 Å². The Labute approximate surface area is 84.9 Å². The predicted octanol–water partition coefficient (Wildman–Crippen LogP) is 2.85. The van der Waals surface area contributed by atoms with Crippen LogP contribution in [0, 0.1) is 13.8 Å². The van der Waals surface area contributed by atoms with Gasteiger partial charge in [-0.05, 0) is 56.0 Å². The maximum atomic E-state index is 5.96. The minimum Gasteiger partial charge on any atom is -0.328 e. The van der Waals surface area contributed by atoms with Crippen molar-refractivity contribution < 1.29 is 0 Å². The minimum absolute atomic E-state index is 0.191. The van der Waals surface area contributed by atoms with E-state index in [9.17, 15) is 0 Å². The molecule has 0 bridgehead atoms. The largest absolute Gasteiger partial charge is 0.328 e. The lowest BCUT2D eigenvalue weighted by atomic mass is 9.98. The van der Waals surface area contributed by atoms with Gasteiger partial charge in [-0.1, -0.05) is 11.6 Å². The van der Waals surface area contributed by atoms with Crippen LogP contribution in [-0.2, 0) is 6.42 Å². The van der Waals surface area contributed by atoms with Crippen molar-refractivity contribution in [3.8, 4) is 0 Å². The Balaban J connectivity index is 3.05. The summed E-state index contributed by atoms with van der Waals surface area (Å²) >= 11 is 5.96. The van der Waals surface area contributed by atoms with Gasteiger partial charge in [0.2, 0.25) is 0 Å². The van der Waals surface area contributed by atoms with Crippen molar-refractivity contribution in [2.75, 3.05) is 0 Å². The molecule has 72 valence electrons. The number of benzene rings is 1. The minimum atomic E-state index is 0.191. The first kappa shape index (κ1) is 10.6. The molecule has 1 unspecified atom stereocenters. The molecule has 0 amide bonds. The van der Waals surface area contributed by atoms with E-state index < -0.39 is 0 Å². The molecule has 1 aromatic rings. The average molecular weight is 198 g/mol. The third-order valence-corrected chi connectivity index (χ3v) is 2.50. The first-order valence-corrected chi connectivity index (χ1v) is 4.89. The summed E-state index contributed by atoms with van der Waals surface area (Å²) in [4.78, 5) is 0. The van der Waals surface area contributed by atoms with Gasteiger partial charge in [0.25, 0.3) is 0 Å². The van der Waals surface area contributed by atoms with Gasteiger partial charge in [-0.2, -0.15) is 0 Å². The normalized spacial score (nSPS) is 13.0. The number of hydrogen-bond donors (Lipinski definition) is 1. The molecule has 0 aliphatic rings. The molecule has 0 aromatic heterocycles. The van der Waals surface area contributed by atoms with Gasteiger partial charge >= 0.3 is 0 Å². The highest BCUT2D eigenvalue weighted by atomic mass is 35.5. The number of aryl methyl sites for hydroxylation is 1. The molecule has 1 atom stereocenters. The molecule has 0 aliphatic carbocycles. The van der Waals surface area contributed by atoms with Crippen LogP contribution in [0.1, 0.15) is 23.6 Å². The third kappa shape index (κ3) is 2.71. The molecule has 2 heteroatoms. The molecular weight excluding hydrogens is 182 g/mol. The highest BCUT2D eigenvalue weighted by Gasteiger charge is 2.05. The summed E-state index contributed by atoms with van der Waals surface area (Å²) in [6, 6.07) is 4.19. The van der Waals surface area contributed by atoms with E-state index in [0.717, 1.165) is 11.4 Å². The van der Waals surface area contributed by atoms with Gasteiger partial charge in [-0.25, -0.2) is 0 Å². The Hall–Kier alpha value is -0.530. The molecule has 0 radical (unpaired) electrons. The summed E-state index contributed by atoms with van der Waals surface area (Å²) in [7, 11) is 0. The second-order valence-corrected chi connectivity index (χ2v) is 4.12. The highest BCUT2D eigenvalue weighted by molar-refractivity contribution is 6.30. The van der Waals surface area contributed by atoms with Crippen LogP contribution in [0.4, 0.5) is 0 Å². The van der Waals surface area contributed by atoms with Crippen molar-refractivity contribution in [1.29, 1.82) is 0 Å². The number of halogens is 1. The van der Waals surface area contributed by atoms with Gasteiger partial charge in [0.15, 0.2) is 0 Å². The summed E-state index contributed by atoms with van der Waals surface area (Å²) in [6.07, 6.45) is 0.896. The Morgan fingerprint density at radius 2 is 2.00 bits per heavy atom. The second kappa shape index (κ2) is 4.12. The summed E-state index contributed by atoms with van der Waals surface area (Å²) in [5, 5.41) is 0.804. The third-order valence-electron chi connectivity index (χ3n) is 2.28. The SMILES string of the molecule is Cc1cc(Cl)cc(CC(C)N)c1C. The number of rotatable bonds is 2. The Morgan fingerprint density at radius 1 is 1.38 bits per heavy atom. The molecule has 0 saturated heterocycles. The Morgan fingerprint density at radius 3 is 2.54 bits per heavy atom. The Bertz CT molecular complexity index is 305. The van der Waals surface area contributed by atoms with Gasteiger partial charge in [0.1, 0.15) is 0 Å². The van der Waals surface area contributed by atoms with Gasteiger partial charge in [-0.15, -0.1) is 0 Å². The van der Waals surface area contributed by atoms with Crippen molar-refractivity contribution in [1.82, 2.24) is 0 Å². The van der Waals surface area contributed by atoms with Crippen molar-refractivity contribution in [2.24, 2.45) is 5.73 Å².